The highest BCUT2D eigenvalue weighted by Crippen LogP contribution is 2.43. The lowest BCUT2D eigenvalue weighted by atomic mass is 10.1. The van der Waals surface area contributed by atoms with Crippen molar-refractivity contribution in [2.45, 2.75) is 11.8 Å². The topological polar surface area (TPSA) is 89.7 Å². The van der Waals surface area contributed by atoms with Crippen molar-refractivity contribution in [3.8, 4) is 11.5 Å². The van der Waals surface area contributed by atoms with E-state index in [0.717, 1.165) is 4.90 Å². The highest BCUT2D eigenvalue weighted by molar-refractivity contribution is 8.04. The Bertz CT molecular complexity index is 875. The number of allylic oxidation sites excluding steroid dienone is 1. The number of nitro benzene ring substituents is 1. The van der Waals surface area contributed by atoms with Gasteiger partial charge in [-0.1, -0.05) is 23.9 Å². The van der Waals surface area contributed by atoms with E-state index in [9.17, 15) is 20.0 Å². The first-order valence-corrected chi connectivity index (χ1v) is 8.00. The number of phenolic OH excluding ortho intramolecular Hbond substituents is 1. The molecule has 0 fully saturated rings. The summed E-state index contributed by atoms with van der Waals surface area (Å²) < 4.78 is 5.25. The Morgan fingerprint density at radius 2 is 2.08 bits per heavy atom. The van der Waals surface area contributed by atoms with Gasteiger partial charge in [-0.05, 0) is 25.1 Å². The molecular weight excluding hydrogens is 330 g/mol. The monoisotopic (exact) mass is 343 g/mol. The van der Waals surface area contributed by atoms with E-state index in [0.29, 0.717) is 10.5 Å². The zero-order chi connectivity index (χ0) is 17.3. The number of hydrogen-bond acceptors (Lipinski definition) is 6. The molecule has 1 heterocycles. The van der Waals surface area contributed by atoms with Gasteiger partial charge in [0.05, 0.1) is 22.5 Å². The molecule has 0 aromatic heterocycles. The summed E-state index contributed by atoms with van der Waals surface area (Å²) in [6.07, 6.45) is 1.46. The maximum absolute atomic E-state index is 12.4. The highest BCUT2D eigenvalue weighted by Gasteiger charge is 2.26. The van der Waals surface area contributed by atoms with Crippen LogP contribution in [0.1, 0.15) is 22.8 Å². The molecule has 3 rings (SSSR count). The molecule has 0 spiro atoms. The average molecular weight is 343 g/mol. The van der Waals surface area contributed by atoms with Gasteiger partial charge < -0.3 is 9.84 Å². The first-order chi connectivity index (χ1) is 11.5. The lowest BCUT2D eigenvalue weighted by Gasteiger charge is -2.08. The largest absolute Gasteiger partial charge is 0.504 e. The van der Waals surface area contributed by atoms with Crippen LogP contribution in [0.4, 0.5) is 5.69 Å². The molecule has 0 saturated heterocycles. The van der Waals surface area contributed by atoms with Gasteiger partial charge >= 0.3 is 0 Å². The van der Waals surface area contributed by atoms with Crippen LogP contribution in [0.5, 0.6) is 11.5 Å². The third kappa shape index (κ3) is 2.85. The van der Waals surface area contributed by atoms with Crippen molar-refractivity contribution in [3.63, 3.8) is 0 Å². The van der Waals surface area contributed by atoms with Crippen LogP contribution in [0.15, 0.2) is 46.2 Å². The SMILES string of the molecule is CCOc1cc([N+](=O)[O-])cc(C=C2Sc3ccccc3C2=O)c1O. The molecule has 1 N–H and O–H groups in total. The van der Waals surface area contributed by atoms with E-state index in [-0.39, 0.29) is 35.1 Å². The third-order valence-corrected chi connectivity index (χ3v) is 4.56. The molecule has 0 amide bonds. The summed E-state index contributed by atoms with van der Waals surface area (Å²) in [6.45, 7) is 1.97. The zero-order valence-electron chi connectivity index (χ0n) is 12.7. The van der Waals surface area contributed by atoms with Gasteiger partial charge in [-0.2, -0.15) is 0 Å². The number of carbonyl (C=O) groups is 1. The minimum Gasteiger partial charge on any atom is -0.504 e. The Kier molecular flexibility index (Phi) is 4.26. The van der Waals surface area contributed by atoms with Gasteiger partial charge in [-0.25, -0.2) is 0 Å². The summed E-state index contributed by atoms with van der Waals surface area (Å²) in [5.74, 6) is -0.370. The molecule has 2 aromatic carbocycles. The van der Waals surface area contributed by atoms with Crippen LogP contribution in [-0.4, -0.2) is 22.4 Å². The summed E-state index contributed by atoms with van der Waals surface area (Å²) in [4.78, 5) is 24.1. The van der Waals surface area contributed by atoms with Crippen LogP contribution in [0.3, 0.4) is 0 Å². The molecule has 0 saturated carbocycles. The molecule has 2 aromatic rings. The van der Waals surface area contributed by atoms with Gasteiger partial charge in [0.25, 0.3) is 5.69 Å². The predicted molar refractivity (Wildman–Crippen MR) is 90.5 cm³/mol. The minimum absolute atomic E-state index is 0.0199. The van der Waals surface area contributed by atoms with Crippen molar-refractivity contribution in [1.82, 2.24) is 0 Å². The van der Waals surface area contributed by atoms with Gasteiger partial charge in [0, 0.05) is 22.1 Å². The molecule has 24 heavy (non-hydrogen) atoms. The summed E-state index contributed by atoms with van der Waals surface area (Å²) >= 11 is 1.27. The van der Waals surface area contributed by atoms with E-state index in [1.165, 1.54) is 30.0 Å². The van der Waals surface area contributed by atoms with E-state index in [1.54, 1.807) is 19.1 Å². The van der Waals surface area contributed by atoms with Crippen molar-refractivity contribution in [1.29, 1.82) is 0 Å². The number of thioether (sulfide) groups is 1. The Morgan fingerprint density at radius 1 is 1.33 bits per heavy atom. The molecule has 1 aliphatic heterocycles. The number of aromatic hydroxyl groups is 1. The quantitative estimate of drug-likeness (QED) is 0.512. The van der Waals surface area contributed by atoms with Crippen molar-refractivity contribution in [2.75, 3.05) is 6.61 Å². The number of nitro groups is 1. The molecule has 0 atom stereocenters. The number of carbonyl (C=O) groups excluding carboxylic acids is 1. The predicted octanol–water partition coefficient (Wildman–Crippen LogP) is 4.03. The Balaban J connectivity index is 2.07. The number of Topliss-reactive ketones (excluding diaryl/α,β-unsaturated/α-hetero) is 1. The molecule has 0 radical (unpaired) electrons. The van der Waals surface area contributed by atoms with E-state index in [4.69, 9.17) is 4.74 Å². The van der Waals surface area contributed by atoms with Crippen molar-refractivity contribution in [2.24, 2.45) is 0 Å². The Morgan fingerprint density at radius 3 is 2.75 bits per heavy atom. The minimum atomic E-state index is -0.567. The van der Waals surface area contributed by atoms with Gasteiger partial charge in [0.2, 0.25) is 5.78 Å². The van der Waals surface area contributed by atoms with Crippen LogP contribution >= 0.6 is 11.8 Å². The Labute approximate surface area is 141 Å². The van der Waals surface area contributed by atoms with Gasteiger partial charge in [-0.3, -0.25) is 14.9 Å². The maximum atomic E-state index is 12.4. The zero-order valence-corrected chi connectivity index (χ0v) is 13.5. The molecule has 0 bridgehead atoms. The molecule has 1 aliphatic rings. The van der Waals surface area contributed by atoms with Crippen molar-refractivity contribution in [3.05, 3.63) is 62.5 Å². The molecule has 6 nitrogen and oxygen atoms in total. The molecular formula is C17H13NO5S. The number of non-ortho nitro benzene ring substituents is 1. The summed E-state index contributed by atoms with van der Waals surface area (Å²) in [5.41, 5.74) is 0.552. The van der Waals surface area contributed by atoms with Crippen LogP contribution in [-0.2, 0) is 0 Å². The van der Waals surface area contributed by atoms with Gasteiger partial charge in [-0.15, -0.1) is 0 Å². The fourth-order valence-electron chi connectivity index (χ4n) is 2.37. The highest BCUT2D eigenvalue weighted by atomic mass is 32.2. The summed E-state index contributed by atoms with van der Waals surface area (Å²) in [7, 11) is 0. The number of ketones is 1. The van der Waals surface area contributed by atoms with Crippen LogP contribution < -0.4 is 4.74 Å². The van der Waals surface area contributed by atoms with E-state index in [1.807, 2.05) is 12.1 Å². The van der Waals surface area contributed by atoms with Crippen LogP contribution in [0.25, 0.3) is 6.08 Å². The van der Waals surface area contributed by atoms with Crippen LogP contribution in [0, 0.1) is 10.1 Å². The second kappa shape index (κ2) is 6.37. The second-order valence-corrected chi connectivity index (χ2v) is 6.09. The number of hydrogen-bond donors (Lipinski definition) is 1. The molecule has 122 valence electrons. The van der Waals surface area contributed by atoms with Crippen molar-refractivity contribution < 1.29 is 19.6 Å². The first-order valence-electron chi connectivity index (χ1n) is 7.18. The molecule has 0 aliphatic carbocycles. The fraction of sp³-hybridized carbons (Fsp3) is 0.118. The van der Waals surface area contributed by atoms with Crippen LogP contribution in [0.2, 0.25) is 0 Å². The third-order valence-electron chi connectivity index (χ3n) is 3.46. The van der Waals surface area contributed by atoms with Gasteiger partial charge in [0.15, 0.2) is 11.5 Å². The van der Waals surface area contributed by atoms with E-state index in [2.05, 4.69) is 0 Å². The molecule has 0 unspecified atom stereocenters. The number of rotatable bonds is 4. The van der Waals surface area contributed by atoms with Crippen molar-refractivity contribution >= 4 is 29.3 Å². The van der Waals surface area contributed by atoms with E-state index >= 15 is 0 Å². The summed E-state index contributed by atoms with van der Waals surface area (Å²) in [5, 5.41) is 21.4. The lowest BCUT2D eigenvalue weighted by Crippen LogP contribution is -1.97. The average Bonchev–Trinajstić information content (AvgIpc) is 2.87. The molecule has 7 heteroatoms. The normalized spacial score (nSPS) is 14.7. The lowest BCUT2D eigenvalue weighted by molar-refractivity contribution is -0.385. The fourth-order valence-corrected chi connectivity index (χ4v) is 3.42. The Hall–Kier alpha value is -2.80. The number of phenols is 1. The maximum Gasteiger partial charge on any atom is 0.274 e. The number of fused-ring (bicyclic) bond motifs is 1. The first kappa shape index (κ1) is 16.1. The second-order valence-electron chi connectivity index (χ2n) is 5.01. The number of ether oxygens (including phenoxy) is 1. The smallest absolute Gasteiger partial charge is 0.274 e. The standard InChI is InChI=1S/C17H13NO5S/c1-2-23-13-9-11(18(21)22)7-10(16(13)19)8-15-17(20)12-5-3-4-6-14(12)24-15/h3-9,19H,2H2,1H3. The number of benzene rings is 2. The van der Waals surface area contributed by atoms with E-state index < -0.39 is 4.92 Å². The summed E-state index contributed by atoms with van der Waals surface area (Å²) in [6, 6.07) is 9.56. The van der Waals surface area contributed by atoms with Gasteiger partial charge in [0.1, 0.15) is 0 Å². The number of nitrogens with zero attached hydrogens (tertiary/aromatic N) is 1.